The topological polar surface area (TPSA) is 85.9 Å². The van der Waals surface area contributed by atoms with Crippen LogP contribution in [0.5, 0.6) is 0 Å². The molecule has 3 heterocycles. The summed E-state index contributed by atoms with van der Waals surface area (Å²) in [6, 6.07) is -0.00603. The predicted octanol–water partition coefficient (Wildman–Crippen LogP) is -0.353. The van der Waals surface area contributed by atoms with Crippen molar-refractivity contribution in [1.82, 2.24) is 28.9 Å². The fraction of sp³-hybridized carbons (Fsp3) is 0.500. The summed E-state index contributed by atoms with van der Waals surface area (Å²) in [4.78, 5) is 5.48. The zero-order valence-electron chi connectivity index (χ0n) is 10.4. The van der Waals surface area contributed by atoms with Crippen LogP contribution in [0.3, 0.4) is 0 Å². The highest BCUT2D eigenvalue weighted by Crippen LogP contribution is 2.25. The van der Waals surface area contributed by atoms with E-state index in [9.17, 15) is 8.42 Å². The highest BCUT2D eigenvalue weighted by atomic mass is 32.2. The lowest BCUT2D eigenvalue weighted by atomic mass is 10.3. The summed E-state index contributed by atoms with van der Waals surface area (Å²) in [6.45, 7) is 0.846. The minimum absolute atomic E-state index is 0.00603. The van der Waals surface area contributed by atoms with Gasteiger partial charge in [-0.2, -0.15) is 19.3 Å². The molecule has 0 aliphatic carbocycles. The third kappa shape index (κ3) is 2.15. The second-order valence-electron chi connectivity index (χ2n) is 4.53. The third-order valence-corrected chi connectivity index (χ3v) is 4.93. The number of aryl methyl sites for hydroxylation is 1. The number of rotatable bonds is 3. The molecule has 0 N–H and O–H groups in total. The minimum atomic E-state index is -3.51. The lowest BCUT2D eigenvalue weighted by Crippen LogP contribution is -2.29. The molecule has 1 saturated heterocycles. The molecule has 1 atom stereocenters. The number of aromatic nitrogens is 5. The maximum atomic E-state index is 12.4. The van der Waals surface area contributed by atoms with Gasteiger partial charge in [-0.3, -0.25) is 0 Å². The highest BCUT2D eigenvalue weighted by Gasteiger charge is 2.35. The third-order valence-electron chi connectivity index (χ3n) is 3.17. The van der Waals surface area contributed by atoms with Crippen molar-refractivity contribution < 1.29 is 8.42 Å². The van der Waals surface area contributed by atoms with Crippen molar-refractivity contribution in [1.29, 1.82) is 0 Å². The lowest BCUT2D eigenvalue weighted by molar-refractivity contribution is 0.402. The molecule has 0 amide bonds. The zero-order chi connectivity index (χ0) is 13.5. The van der Waals surface area contributed by atoms with Gasteiger partial charge in [-0.05, 0) is 6.42 Å². The first-order chi connectivity index (χ1) is 9.07. The van der Waals surface area contributed by atoms with E-state index in [2.05, 4.69) is 15.2 Å². The standard InChI is InChI=1S/C10H14N6O2S/c1-14-7-10(11-8-14)19(17,18)15-5-2-9(6-15)16-12-3-4-13-16/h3-4,7-9H,2,5-6H2,1H3. The van der Waals surface area contributed by atoms with E-state index in [0.29, 0.717) is 19.5 Å². The quantitative estimate of drug-likeness (QED) is 0.768. The number of hydrogen-bond acceptors (Lipinski definition) is 5. The normalized spacial score (nSPS) is 21.0. The van der Waals surface area contributed by atoms with E-state index in [1.807, 2.05) is 0 Å². The van der Waals surface area contributed by atoms with E-state index in [4.69, 9.17) is 0 Å². The Hall–Kier alpha value is -1.74. The Morgan fingerprint density at radius 1 is 1.32 bits per heavy atom. The molecule has 102 valence electrons. The van der Waals surface area contributed by atoms with Crippen molar-refractivity contribution in [2.24, 2.45) is 7.05 Å². The van der Waals surface area contributed by atoms with Gasteiger partial charge in [-0.25, -0.2) is 13.4 Å². The van der Waals surface area contributed by atoms with Gasteiger partial charge in [0.25, 0.3) is 10.0 Å². The molecule has 1 aliphatic heterocycles. The lowest BCUT2D eigenvalue weighted by Gasteiger charge is -2.14. The largest absolute Gasteiger partial charge is 0.339 e. The Labute approximate surface area is 110 Å². The monoisotopic (exact) mass is 282 g/mol. The van der Waals surface area contributed by atoms with E-state index in [1.54, 1.807) is 28.8 Å². The Balaban J connectivity index is 1.81. The SMILES string of the molecule is Cn1cnc(S(=O)(=O)N2CCC(n3nccn3)C2)c1. The molecule has 1 aliphatic rings. The average molecular weight is 282 g/mol. The Bertz CT molecular complexity index is 662. The molecule has 19 heavy (non-hydrogen) atoms. The van der Waals surface area contributed by atoms with Crippen molar-refractivity contribution >= 4 is 10.0 Å². The maximum absolute atomic E-state index is 12.4. The van der Waals surface area contributed by atoms with Crippen LogP contribution in [-0.4, -0.2) is 50.4 Å². The molecule has 2 aromatic heterocycles. The van der Waals surface area contributed by atoms with Crippen molar-refractivity contribution in [2.75, 3.05) is 13.1 Å². The molecule has 9 heteroatoms. The first kappa shape index (κ1) is 12.3. The summed E-state index contributed by atoms with van der Waals surface area (Å²) < 4.78 is 27.8. The minimum Gasteiger partial charge on any atom is -0.339 e. The fourth-order valence-corrected chi connectivity index (χ4v) is 3.64. The van der Waals surface area contributed by atoms with Crippen LogP contribution in [-0.2, 0) is 17.1 Å². The van der Waals surface area contributed by atoms with Crippen molar-refractivity contribution in [3.8, 4) is 0 Å². The van der Waals surface area contributed by atoms with E-state index < -0.39 is 10.0 Å². The molecule has 0 aromatic carbocycles. The fourth-order valence-electron chi connectivity index (χ4n) is 2.19. The molecule has 0 spiro atoms. The molecule has 2 aromatic rings. The summed E-state index contributed by atoms with van der Waals surface area (Å²) in [6.07, 6.45) is 6.89. The van der Waals surface area contributed by atoms with Gasteiger partial charge in [0.15, 0.2) is 5.03 Å². The molecule has 3 rings (SSSR count). The summed E-state index contributed by atoms with van der Waals surface area (Å²) >= 11 is 0. The molecule has 0 bridgehead atoms. The van der Waals surface area contributed by atoms with Gasteiger partial charge >= 0.3 is 0 Å². The Kier molecular flexibility index (Phi) is 2.86. The van der Waals surface area contributed by atoms with Gasteiger partial charge in [0.1, 0.15) is 0 Å². The zero-order valence-corrected chi connectivity index (χ0v) is 11.2. The predicted molar refractivity (Wildman–Crippen MR) is 65.6 cm³/mol. The van der Waals surface area contributed by atoms with Crippen LogP contribution in [0, 0.1) is 0 Å². The Morgan fingerprint density at radius 2 is 2.05 bits per heavy atom. The van der Waals surface area contributed by atoms with Gasteiger partial charge in [0.05, 0.1) is 24.8 Å². The number of imidazole rings is 1. The van der Waals surface area contributed by atoms with Crippen molar-refractivity contribution in [3.05, 3.63) is 24.9 Å². The van der Waals surface area contributed by atoms with Crippen LogP contribution in [0.4, 0.5) is 0 Å². The molecule has 0 radical (unpaired) electrons. The maximum Gasteiger partial charge on any atom is 0.262 e. The van der Waals surface area contributed by atoms with Gasteiger partial charge in [-0.15, -0.1) is 0 Å². The summed E-state index contributed by atoms with van der Waals surface area (Å²) in [5.41, 5.74) is 0. The van der Waals surface area contributed by atoms with E-state index in [-0.39, 0.29) is 11.1 Å². The van der Waals surface area contributed by atoms with Gasteiger partial charge in [0, 0.05) is 26.3 Å². The van der Waals surface area contributed by atoms with E-state index >= 15 is 0 Å². The van der Waals surface area contributed by atoms with E-state index in [1.165, 1.54) is 16.8 Å². The van der Waals surface area contributed by atoms with Gasteiger partial charge in [-0.1, -0.05) is 0 Å². The molecule has 1 fully saturated rings. The van der Waals surface area contributed by atoms with Crippen molar-refractivity contribution in [2.45, 2.75) is 17.5 Å². The van der Waals surface area contributed by atoms with Crippen molar-refractivity contribution in [3.63, 3.8) is 0 Å². The summed E-state index contributed by atoms with van der Waals surface area (Å²) in [5, 5.41) is 8.20. The van der Waals surface area contributed by atoms with Crippen LogP contribution in [0.1, 0.15) is 12.5 Å². The summed E-state index contributed by atoms with van der Waals surface area (Å²) in [5.74, 6) is 0. The first-order valence-electron chi connectivity index (χ1n) is 5.91. The van der Waals surface area contributed by atoms with Crippen LogP contribution in [0.15, 0.2) is 29.9 Å². The van der Waals surface area contributed by atoms with Crippen LogP contribution in [0.2, 0.25) is 0 Å². The molecule has 0 saturated carbocycles. The first-order valence-corrected chi connectivity index (χ1v) is 7.35. The van der Waals surface area contributed by atoms with Crippen LogP contribution < -0.4 is 0 Å². The van der Waals surface area contributed by atoms with Gasteiger partial charge < -0.3 is 4.57 Å². The number of hydrogen-bond donors (Lipinski definition) is 0. The smallest absolute Gasteiger partial charge is 0.262 e. The molecule has 8 nitrogen and oxygen atoms in total. The number of sulfonamides is 1. The molecule has 1 unspecified atom stereocenters. The van der Waals surface area contributed by atoms with Crippen LogP contribution >= 0.6 is 0 Å². The highest BCUT2D eigenvalue weighted by molar-refractivity contribution is 7.89. The van der Waals surface area contributed by atoms with Crippen LogP contribution in [0.25, 0.3) is 0 Å². The summed E-state index contributed by atoms with van der Waals surface area (Å²) in [7, 11) is -1.77. The Morgan fingerprint density at radius 3 is 2.68 bits per heavy atom. The second kappa shape index (κ2) is 4.42. The average Bonchev–Trinajstić information content (AvgIpc) is 3.10. The van der Waals surface area contributed by atoms with Gasteiger partial charge in [0.2, 0.25) is 0 Å². The molecular formula is C10H14N6O2S. The van der Waals surface area contributed by atoms with E-state index in [0.717, 1.165) is 0 Å². The second-order valence-corrected chi connectivity index (χ2v) is 6.42. The molecular weight excluding hydrogens is 268 g/mol. The number of nitrogens with zero attached hydrogens (tertiary/aromatic N) is 6.